The van der Waals surface area contributed by atoms with E-state index in [0.717, 1.165) is 8.42 Å². The first-order valence-corrected chi connectivity index (χ1v) is 10.5. The average molecular weight is 336 g/mol. The molecule has 0 atom stereocenters. The fraction of sp³-hybridized carbons (Fsp3) is 0.182. The van der Waals surface area contributed by atoms with Crippen LogP contribution in [0.1, 0.15) is 0 Å². The van der Waals surface area contributed by atoms with Gasteiger partial charge in [-0.05, 0) is 24.6 Å². The van der Waals surface area contributed by atoms with Crippen LogP contribution in [0.2, 0.25) is 0 Å². The summed E-state index contributed by atoms with van der Waals surface area (Å²) in [5.74, 6) is 0. The highest BCUT2D eigenvalue weighted by Crippen LogP contribution is 2.44. The van der Waals surface area contributed by atoms with Gasteiger partial charge in [0.2, 0.25) is 8.42 Å². The zero-order valence-electron chi connectivity index (χ0n) is 9.74. The van der Waals surface area contributed by atoms with Gasteiger partial charge in [-0.2, -0.15) is 0 Å². The Kier molecular flexibility index (Phi) is 4.71. The van der Waals surface area contributed by atoms with Gasteiger partial charge >= 0.3 is 3.52 Å². The predicted molar refractivity (Wildman–Crippen MR) is 82.1 cm³/mol. The Labute approximate surface area is 123 Å². The van der Waals surface area contributed by atoms with Crippen LogP contribution in [0.25, 0.3) is 0 Å². The number of thioether (sulfide) groups is 2. The third-order valence-electron chi connectivity index (χ3n) is 2.16. The zero-order valence-corrected chi connectivity index (χ0v) is 13.8. The molecule has 0 aliphatic carbocycles. The summed E-state index contributed by atoms with van der Waals surface area (Å²) in [6.07, 6.45) is 3.94. The van der Waals surface area contributed by atoms with Crippen molar-refractivity contribution in [1.29, 1.82) is 0 Å². The van der Waals surface area contributed by atoms with Crippen LogP contribution in [-0.4, -0.2) is 20.9 Å². The van der Waals surface area contributed by atoms with Crippen LogP contribution in [0.4, 0.5) is 0 Å². The fourth-order valence-corrected chi connectivity index (χ4v) is 8.74. The number of rotatable bonds is 4. The van der Waals surface area contributed by atoms with Crippen molar-refractivity contribution in [2.75, 3.05) is 12.5 Å². The summed E-state index contributed by atoms with van der Waals surface area (Å²) in [5.41, 5.74) is 0. The van der Waals surface area contributed by atoms with Gasteiger partial charge in [0.15, 0.2) is 0 Å². The lowest BCUT2D eigenvalue weighted by Gasteiger charge is -1.94. The number of sulfone groups is 1. The Balaban J connectivity index is 2.52. The smallest absolute Gasteiger partial charge is 0.213 e. The van der Waals surface area contributed by atoms with Crippen molar-refractivity contribution in [2.24, 2.45) is 0 Å². The third kappa shape index (κ3) is 2.75. The van der Waals surface area contributed by atoms with Crippen molar-refractivity contribution < 1.29 is 8.42 Å². The molecule has 18 heavy (non-hydrogen) atoms. The highest BCUT2D eigenvalue weighted by Gasteiger charge is 2.33. The van der Waals surface area contributed by atoms with Gasteiger partial charge in [-0.15, -0.1) is 0 Å². The Morgan fingerprint density at radius 1 is 1.11 bits per heavy atom. The highest BCUT2D eigenvalue weighted by molar-refractivity contribution is 8.05. The van der Waals surface area contributed by atoms with Crippen LogP contribution >= 0.6 is 46.2 Å². The molecule has 0 unspecified atom stereocenters. The van der Waals surface area contributed by atoms with Crippen LogP contribution in [0.15, 0.2) is 47.2 Å². The summed E-state index contributed by atoms with van der Waals surface area (Å²) in [4.78, 5) is 0.364. The summed E-state index contributed by atoms with van der Waals surface area (Å²) in [6, 6.07) is 8.59. The van der Waals surface area contributed by atoms with Gasteiger partial charge in [-0.3, -0.25) is 0 Å². The van der Waals surface area contributed by atoms with Crippen LogP contribution in [-0.2, 0) is 9.84 Å². The van der Waals surface area contributed by atoms with Gasteiger partial charge in [0, 0.05) is 0 Å². The highest BCUT2D eigenvalue weighted by atomic mass is 32.3. The molecular weight excluding hydrogens is 324 g/mol. The number of benzene rings is 1. The number of hydrogen-bond donors (Lipinski definition) is 0. The maximum absolute atomic E-state index is 12.4. The molecule has 0 amide bonds. The minimum absolute atomic E-state index is 0.364. The monoisotopic (exact) mass is 335 g/mol. The van der Waals surface area contributed by atoms with E-state index in [1.165, 1.54) is 22.7 Å². The van der Waals surface area contributed by atoms with Crippen LogP contribution in [0.3, 0.4) is 0 Å². The summed E-state index contributed by atoms with van der Waals surface area (Å²) in [5, 5.41) is 0. The fourth-order valence-electron chi connectivity index (χ4n) is 1.31. The van der Waals surface area contributed by atoms with Crippen LogP contribution in [0.5, 0.6) is 0 Å². The normalized spacial score (nSPS) is 11.7. The van der Waals surface area contributed by atoms with E-state index < -0.39 is 9.84 Å². The molecule has 0 spiro atoms. The van der Waals surface area contributed by atoms with Crippen LogP contribution < -0.4 is 0 Å². The van der Waals surface area contributed by atoms with Gasteiger partial charge in [0.05, 0.1) is 4.90 Å². The third-order valence-corrected chi connectivity index (χ3v) is 10.1. The predicted octanol–water partition coefficient (Wildman–Crippen LogP) is 4.37. The molecule has 0 fully saturated rings. The second-order valence-corrected chi connectivity index (χ2v) is 10.1. The molecule has 2 rings (SSSR count). The maximum Gasteiger partial charge on any atom is 0.375 e. The Morgan fingerprint density at radius 3 is 2.28 bits per heavy atom. The molecule has 1 heterocycles. The molecule has 0 bridgehead atoms. The minimum Gasteiger partial charge on any atom is -0.213 e. The molecule has 0 saturated carbocycles. The SMILES string of the molecule is CSc1sc(S(=O)(=O)c2ccccc2)[s+]c1SC. The molecule has 0 aliphatic heterocycles. The Hall–Kier alpha value is -0.0800. The summed E-state index contributed by atoms with van der Waals surface area (Å²) < 4.78 is 27.5. The van der Waals surface area contributed by atoms with Crippen molar-refractivity contribution in [3.05, 3.63) is 30.3 Å². The molecular formula is C11H11O2S5+. The second kappa shape index (κ2) is 5.92. The van der Waals surface area contributed by atoms with Crippen molar-refractivity contribution in [1.82, 2.24) is 0 Å². The molecule has 96 valence electrons. The molecule has 7 heteroatoms. The van der Waals surface area contributed by atoms with Gasteiger partial charge in [0.25, 0.3) is 9.84 Å². The van der Waals surface area contributed by atoms with E-state index in [-0.39, 0.29) is 0 Å². The summed E-state index contributed by atoms with van der Waals surface area (Å²) in [7, 11) is -3.35. The van der Waals surface area contributed by atoms with Gasteiger partial charge in [-0.1, -0.05) is 41.7 Å². The van der Waals surface area contributed by atoms with E-state index in [9.17, 15) is 8.42 Å². The molecule has 0 N–H and O–H groups in total. The van der Waals surface area contributed by atoms with Gasteiger partial charge in [-0.25, -0.2) is 8.42 Å². The van der Waals surface area contributed by atoms with E-state index in [1.54, 1.807) is 47.8 Å². The lowest BCUT2D eigenvalue weighted by molar-refractivity contribution is 0.599. The first-order valence-electron chi connectivity index (χ1n) is 4.94. The van der Waals surface area contributed by atoms with E-state index in [4.69, 9.17) is 0 Å². The quantitative estimate of drug-likeness (QED) is 0.614. The molecule has 0 saturated heterocycles. The first kappa shape index (κ1) is 14.3. The molecule has 2 aromatic rings. The Bertz CT molecular complexity index is 609. The molecule has 2 nitrogen and oxygen atoms in total. The van der Waals surface area contributed by atoms with Crippen molar-refractivity contribution in [2.45, 2.75) is 16.8 Å². The van der Waals surface area contributed by atoms with Gasteiger partial charge < -0.3 is 0 Å². The molecule has 1 aromatic carbocycles. The van der Waals surface area contributed by atoms with E-state index in [1.807, 2.05) is 18.6 Å². The van der Waals surface area contributed by atoms with Gasteiger partial charge in [0.1, 0.15) is 22.7 Å². The molecule has 0 aliphatic rings. The van der Waals surface area contributed by atoms with E-state index in [0.29, 0.717) is 8.42 Å². The summed E-state index contributed by atoms with van der Waals surface area (Å²) >= 11 is 5.91. The number of hydrogen-bond acceptors (Lipinski definition) is 5. The lowest BCUT2D eigenvalue weighted by Crippen LogP contribution is -1.97. The first-order chi connectivity index (χ1) is 8.59. The topological polar surface area (TPSA) is 34.1 Å². The Morgan fingerprint density at radius 2 is 1.78 bits per heavy atom. The average Bonchev–Trinajstić information content (AvgIpc) is 2.83. The van der Waals surface area contributed by atoms with Crippen LogP contribution in [0, 0.1) is 0 Å². The molecule has 1 aromatic heterocycles. The maximum atomic E-state index is 12.4. The minimum atomic E-state index is -3.35. The molecule has 0 radical (unpaired) electrons. The van der Waals surface area contributed by atoms with Crippen molar-refractivity contribution >= 4 is 56.0 Å². The lowest BCUT2D eigenvalue weighted by atomic mass is 10.4. The van der Waals surface area contributed by atoms with Crippen molar-refractivity contribution in [3.63, 3.8) is 0 Å². The van der Waals surface area contributed by atoms with E-state index in [2.05, 4.69) is 0 Å². The largest absolute Gasteiger partial charge is 0.375 e. The zero-order chi connectivity index (χ0) is 13.2. The van der Waals surface area contributed by atoms with Crippen molar-refractivity contribution in [3.8, 4) is 0 Å². The standard InChI is InChI=1S/C11H11O2S5/c1-14-9-10(15-2)17-11(16-9)18(12,13)8-6-4-3-5-7-8/h3-7H,1-2H3/q+1. The summed E-state index contributed by atoms with van der Waals surface area (Å²) in [6.45, 7) is 0. The van der Waals surface area contributed by atoms with E-state index >= 15 is 0 Å². The second-order valence-electron chi connectivity index (χ2n) is 3.25.